The molecular formula is C16H25NO3. The smallest absolute Gasteiger partial charge is 0.0971 e. The van der Waals surface area contributed by atoms with Gasteiger partial charge in [0, 0.05) is 33.9 Å². The SMILES string of the molecule is COC1CN(CCC(O)c2ccc(C)cc2)CC1OC. The first-order valence-electron chi connectivity index (χ1n) is 7.16. The molecule has 1 aliphatic rings. The van der Waals surface area contributed by atoms with E-state index < -0.39 is 6.10 Å². The predicted molar refractivity (Wildman–Crippen MR) is 78.8 cm³/mol. The summed E-state index contributed by atoms with van der Waals surface area (Å²) in [5.74, 6) is 0. The molecule has 3 unspecified atom stereocenters. The van der Waals surface area contributed by atoms with Crippen molar-refractivity contribution in [2.45, 2.75) is 31.7 Å². The third kappa shape index (κ3) is 3.79. The molecule has 0 saturated carbocycles. The van der Waals surface area contributed by atoms with Gasteiger partial charge in [0.05, 0.1) is 18.3 Å². The average molecular weight is 279 g/mol. The Morgan fingerprint density at radius 2 is 1.70 bits per heavy atom. The second kappa shape index (κ2) is 7.18. The molecular weight excluding hydrogens is 254 g/mol. The summed E-state index contributed by atoms with van der Waals surface area (Å²) in [6, 6.07) is 8.08. The molecule has 1 aliphatic heterocycles. The number of rotatable bonds is 6. The minimum Gasteiger partial charge on any atom is -0.388 e. The van der Waals surface area contributed by atoms with Gasteiger partial charge in [-0.1, -0.05) is 29.8 Å². The summed E-state index contributed by atoms with van der Waals surface area (Å²) in [7, 11) is 3.45. The van der Waals surface area contributed by atoms with Gasteiger partial charge < -0.3 is 14.6 Å². The number of hydrogen-bond acceptors (Lipinski definition) is 4. The highest BCUT2D eigenvalue weighted by Crippen LogP contribution is 2.20. The Balaban J connectivity index is 1.82. The van der Waals surface area contributed by atoms with Crippen molar-refractivity contribution in [3.05, 3.63) is 35.4 Å². The quantitative estimate of drug-likeness (QED) is 0.861. The summed E-state index contributed by atoms with van der Waals surface area (Å²) in [6.45, 7) is 4.65. The molecule has 4 heteroatoms. The highest BCUT2D eigenvalue weighted by molar-refractivity contribution is 5.23. The van der Waals surface area contributed by atoms with Crippen LogP contribution in [0.15, 0.2) is 24.3 Å². The maximum atomic E-state index is 10.2. The molecule has 0 aliphatic carbocycles. The highest BCUT2D eigenvalue weighted by Gasteiger charge is 2.32. The lowest BCUT2D eigenvalue weighted by atomic mass is 10.0. The molecule has 1 aromatic carbocycles. The van der Waals surface area contributed by atoms with Gasteiger partial charge in [0.1, 0.15) is 0 Å². The van der Waals surface area contributed by atoms with Crippen molar-refractivity contribution < 1.29 is 14.6 Å². The van der Waals surface area contributed by atoms with Crippen LogP contribution < -0.4 is 0 Å². The Bertz CT molecular complexity index is 395. The Hall–Kier alpha value is -0.940. The van der Waals surface area contributed by atoms with Gasteiger partial charge in [-0.25, -0.2) is 0 Å². The molecule has 0 aromatic heterocycles. The van der Waals surface area contributed by atoms with Gasteiger partial charge in [0.25, 0.3) is 0 Å². The first-order valence-corrected chi connectivity index (χ1v) is 7.16. The fourth-order valence-electron chi connectivity index (χ4n) is 2.71. The molecule has 1 N–H and O–H groups in total. The summed E-state index contributed by atoms with van der Waals surface area (Å²) in [4.78, 5) is 2.29. The van der Waals surface area contributed by atoms with E-state index in [2.05, 4.69) is 11.8 Å². The second-order valence-electron chi connectivity index (χ2n) is 5.52. The topological polar surface area (TPSA) is 41.9 Å². The van der Waals surface area contributed by atoms with E-state index in [1.54, 1.807) is 14.2 Å². The summed E-state index contributed by atoms with van der Waals surface area (Å²) in [5, 5.41) is 10.2. The Morgan fingerprint density at radius 1 is 1.15 bits per heavy atom. The van der Waals surface area contributed by atoms with Crippen molar-refractivity contribution in [2.75, 3.05) is 33.9 Å². The third-order valence-corrected chi connectivity index (χ3v) is 4.08. The van der Waals surface area contributed by atoms with Crippen LogP contribution in [0.3, 0.4) is 0 Å². The van der Waals surface area contributed by atoms with Crippen molar-refractivity contribution in [2.24, 2.45) is 0 Å². The first kappa shape index (κ1) is 15.4. The van der Waals surface area contributed by atoms with Crippen molar-refractivity contribution >= 4 is 0 Å². The van der Waals surface area contributed by atoms with Crippen LogP contribution in [0.25, 0.3) is 0 Å². The minimum atomic E-state index is -0.404. The van der Waals surface area contributed by atoms with Gasteiger partial charge in [-0.2, -0.15) is 0 Å². The number of aliphatic hydroxyl groups excluding tert-OH is 1. The van der Waals surface area contributed by atoms with Crippen molar-refractivity contribution in [3.63, 3.8) is 0 Å². The molecule has 0 radical (unpaired) electrons. The van der Waals surface area contributed by atoms with Gasteiger partial charge >= 0.3 is 0 Å². The van der Waals surface area contributed by atoms with Gasteiger partial charge in [-0.15, -0.1) is 0 Å². The molecule has 0 spiro atoms. The molecule has 1 heterocycles. The molecule has 112 valence electrons. The number of aliphatic hydroxyl groups is 1. The van der Waals surface area contributed by atoms with Crippen molar-refractivity contribution in [1.29, 1.82) is 0 Å². The van der Waals surface area contributed by atoms with Crippen LogP contribution in [0, 0.1) is 6.92 Å². The summed E-state index contributed by atoms with van der Waals surface area (Å²) in [5.41, 5.74) is 2.20. The second-order valence-corrected chi connectivity index (χ2v) is 5.52. The fraction of sp³-hybridized carbons (Fsp3) is 0.625. The number of ether oxygens (including phenoxy) is 2. The van der Waals surface area contributed by atoms with Crippen LogP contribution in [0.1, 0.15) is 23.7 Å². The number of benzene rings is 1. The number of hydrogen-bond donors (Lipinski definition) is 1. The number of aryl methyl sites for hydroxylation is 1. The molecule has 4 nitrogen and oxygen atoms in total. The lowest BCUT2D eigenvalue weighted by Gasteiger charge is -2.18. The van der Waals surface area contributed by atoms with Crippen molar-refractivity contribution in [3.8, 4) is 0 Å². The van der Waals surface area contributed by atoms with Crippen molar-refractivity contribution in [1.82, 2.24) is 4.90 Å². The number of methoxy groups -OCH3 is 2. The molecule has 1 fully saturated rings. The van der Waals surface area contributed by atoms with E-state index in [0.717, 1.165) is 31.6 Å². The van der Waals surface area contributed by atoms with E-state index in [-0.39, 0.29) is 12.2 Å². The zero-order chi connectivity index (χ0) is 14.5. The largest absolute Gasteiger partial charge is 0.388 e. The average Bonchev–Trinajstić information content (AvgIpc) is 2.88. The summed E-state index contributed by atoms with van der Waals surface area (Å²) < 4.78 is 10.8. The zero-order valence-corrected chi connectivity index (χ0v) is 12.6. The first-order chi connectivity index (χ1) is 9.63. The predicted octanol–water partition coefficient (Wildman–Crippen LogP) is 1.76. The summed E-state index contributed by atoms with van der Waals surface area (Å²) in [6.07, 6.45) is 0.599. The Labute approximate surface area is 121 Å². The maximum absolute atomic E-state index is 10.2. The van der Waals surface area contributed by atoms with Crippen LogP contribution in [0.5, 0.6) is 0 Å². The molecule has 1 aromatic rings. The Kier molecular flexibility index (Phi) is 5.54. The standard InChI is InChI=1S/C16H25NO3/c1-12-4-6-13(7-5-12)14(18)8-9-17-10-15(19-2)16(11-17)20-3/h4-7,14-16,18H,8-11H2,1-3H3. The lowest BCUT2D eigenvalue weighted by Crippen LogP contribution is -2.27. The van der Waals surface area contributed by atoms with E-state index in [1.807, 2.05) is 24.3 Å². The maximum Gasteiger partial charge on any atom is 0.0971 e. The van der Waals surface area contributed by atoms with Gasteiger partial charge in [-0.05, 0) is 18.9 Å². The minimum absolute atomic E-state index is 0.136. The highest BCUT2D eigenvalue weighted by atomic mass is 16.5. The van der Waals surface area contributed by atoms with Crippen LogP contribution >= 0.6 is 0 Å². The molecule has 0 bridgehead atoms. The van der Waals surface area contributed by atoms with E-state index in [9.17, 15) is 5.11 Å². The number of likely N-dealkylation sites (tertiary alicyclic amines) is 1. The third-order valence-electron chi connectivity index (χ3n) is 4.08. The zero-order valence-electron chi connectivity index (χ0n) is 12.6. The molecule has 3 atom stereocenters. The number of nitrogens with zero attached hydrogens (tertiary/aromatic N) is 1. The molecule has 1 saturated heterocycles. The molecule has 0 amide bonds. The van der Waals surface area contributed by atoms with E-state index >= 15 is 0 Å². The van der Waals surface area contributed by atoms with Gasteiger partial charge in [0.15, 0.2) is 0 Å². The van der Waals surface area contributed by atoms with E-state index in [1.165, 1.54) is 5.56 Å². The van der Waals surface area contributed by atoms with Crippen LogP contribution in [0.2, 0.25) is 0 Å². The normalized spacial score (nSPS) is 25.0. The summed E-state index contributed by atoms with van der Waals surface area (Å²) >= 11 is 0. The van der Waals surface area contributed by atoms with Gasteiger partial charge in [-0.3, -0.25) is 4.90 Å². The van der Waals surface area contributed by atoms with Crippen LogP contribution in [0.4, 0.5) is 0 Å². The van der Waals surface area contributed by atoms with E-state index in [4.69, 9.17) is 9.47 Å². The van der Waals surface area contributed by atoms with Crippen LogP contribution in [-0.2, 0) is 9.47 Å². The van der Waals surface area contributed by atoms with E-state index in [0.29, 0.717) is 0 Å². The lowest BCUT2D eigenvalue weighted by molar-refractivity contribution is -0.00461. The molecule has 20 heavy (non-hydrogen) atoms. The van der Waals surface area contributed by atoms with Crippen LogP contribution in [-0.4, -0.2) is 56.1 Å². The molecule has 2 rings (SSSR count). The Morgan fingerprint density at radius 3 is 2.20 bits per heavy atom. The monoisotopic (exact) mass is 279 g/mol. The fourth-order valence-corrected chi connectivity index (χ4v) is 2.71. The van der Waals surface area contributed by atoms with Gasteiger partial charge in [0.2, 0.25) is 0 Å².